The summed E-state index contributed by atoms with van der Waals surface area (Å²) in [5.41, 5.74) is 3.53. The fraction of sp³-hybridized carbons (Fsp3) is 0.211. The Labute approximate surface area is 145 Å². The molecule has 6 heteroatoms. The summed E-state index contributed by atoms with van der Waals surface area (Å²) in [7, 11) is 0. The summed E-state index contributed by atoms with van der Waals surface area (Å²) in [5, 5.41) is 9.93. The van der Waals surface area contributed by atoms with E-state index in [1.165, 1.54) is 6.33 Å². The first-order chi connectivity index (χ1) is 12.2. The summed E-state index contributed by atoms with van der Waals surface area (Å²) in [6.45, 7) is 2.02. The van der Waals surface area contributed by atoms with E-state index in [-0.39, 0.29) is 5.91 Å². The van der Waals surface area contributed by atoms with Crippen LogP contribution in [0.25, 0.3) is 0 Å². The Morgan fingerprint density at radius 3 is 2.68 bits per heavy atom. The van der Waals surface area contributed by atoms with Crippen LogP contribution in [0, 0.1) is 6.92 Å². The minimum Gasteiger partial charge on any atom is -0.349 e. The molecule has 4 rings (SSSR count). The van der Waals surface area contributed by atoms with Crippen molar-refractivity contribution in [3.05, 3.63) is 66.0 Å². The Morgan fingerprint density at radius 2 is 2.00 bits per heavy atom. The zero-order chi connectivity index (χ0) is 17.2. The van der Waals surface area contributed by atoms with Crippen molar-refractivity contribution >= 4 is 23.2 Å². The predicted octanol–water partition coefficient (Wildman–Crippen LogP) is 3.48. The van der Waals surface area contributed by atoms with Crippen LogP contribution in [0.15, 0.2) is 54.9 Å². The summed E-state index contributed by atoms with van der Waals surface area (Å²) < 4.78 is 0. The third-order valence-corrected chi connectivity index (χ3v) is 4.25. The fourth-order valence-electron chi connectivity index (χ4n) is 2.75. The van der Waals surface area contributed by atoms with Crippen molar-refractivity contribution in [3.8, 4) is 0 Å². The molecule has 0 saturated heterocycles. The largest absolute Gasteiger partial charge is 0.349 e. The van der Waals surface area contributed by atoms with Crippen LogP contribution in [0.3, 0.4) is 0 Å². The van der Waals surface area contributed by atoms with Gasteiger partial charge in [0, 0.05) is 17.3 Å². The number of aromatic amines is 1. The summed E-state index contributed by atoms with van der Waals surface area (Å²) >= 11 is 0. The molecule has 1 aliphatic rings. The minimum absolute atomic E-state index is 0.0330. The Balaban J connectivity index is 1.77. The molecule has 0 spiro atoms. The van der Waals surface area contributed by atoms with E-state index >= 15 is 0 Å². The summed E-state index contributed by atoms with van der Waals surface area (Å²) in [4.78, 5) is 18.7. The highest BCUT2D eigenvalue weighted by Crippen LogP contribution is 2.34. The smallest absolute Gasteiger partial charge is 0.251 e. The molecule has 6 nitrogen and oxygen atoms in total. The molecular weight excluding hydrogens is 314 g/mol. The molecule has 1 heterocycles. The van der Waals surface area contributed by atoms with Crippen LogP contribution < -0.4 is 10.2 Å². The van der Waals surface area contributed by atoms with Crippen LogP contribution in [0.1, 0.15) is 28.8 Å². The molecule has 0 atom stereocenters. The topological polar surface area (TPSA) is 73.9 Å². The maximum absolute atomic E-state index is 12.4. The second-order valence-electron chi connectivity index (χ2n) is 6.23. The number of aromatic nitrogens is 3. The number of nitrogens with one attached hydrogen (secondary N) is 2. The van der Waals surface area contributed by atoms with Gasteiger partial charge in [-0.1, -0.05) is 24.3 Å². The molecule has 2 N–H and O–H groups in total. The van der Waals surface area contributed by atoms with Gasteiger partial charge in [0.15, 0.2) is 0 Å². The van der Waals surface area contributed by atoms with Gasteiger partial charge in [0.2, 0.25) is 5.95 Å². The molecular formula is C19H19N5O. The number of nitrogens with zero attached hydrogens (tertiary/aromatic N) is 3. The molecule has 126 valence electrons. The van der Waals surface area contributed by atoms with Gasteiger partial charge in [0.05, 0.1) is 5.69 Å². The number of anilines is 3. The van der Waals surface area contributed by atoms with Gasteiger partial charge >= 0.3 is 0 Å². The van der Waals surface area contributed by atoms with Crippen molar-refractivity contribution in [2.45, 2.75) is 25.8 Å². The number of hydrogen-bond donors (Lipinski definition) is 2. The number of hydrogen-bond acceptors (Lipinski definition) is 4. The minimum atomic E-state index is -0.0330. The first-order valence-electron chi connectivity index (χ1n) is 8.34. The van der Waals surface area contributed by atoms with Gasteiger partial charge in [-0.3, -0.25) is 9.69 Å². The van der Waals surface area contributed by atoms with Crippen LogP contribution in [0.2, 0.25) is 0 Å². The van der Waals surface area contributed by atoms with Gasteiger partial charge in [0.25, 0.3) is 5.91 Å². The molecule has 1 aliphatic carbocycles. The summed E-state index contributed by atoms with van der Waals surface area (Å²) in [6, 6.07) is 16.0. The van der Waals surface area contributed by atoms with E-state index in [0.29, 0.717) is 17.6 Å². The van der Waals surface area contributed by atoms with Gasteiger partial charge in [-0.25, -0.2) is 5.10 Å². The summed E-state index contributed by atoms with van der Waals surface area (Å²) in [6.07, 6.45) is 3.61. The SMILES string of the molecule is Cc1ccc(C(=O)NC2CC2)cc1N(c1ccccc1)c1ncn[nH]1. The number of aryl methyl sites for hydroxylation is 1. The Kier molecular flexibility index (Phi) is 3.93. The normalized spacial score (nSPS) is 13.5. The molecule has 1 saturated carbocycles. The van der Waals surface area contributed by atoms with Crippen molar-refractivity contribution < 1.29 is 4.79 Å². The number of rotatable bonds is 5. The average Bonchev–Trinajstić information content (AvgIpc) is 3.28. The van der Waals surface area contributed by atoms with Crippen LogP contribution in [-0.4, -0.2) is 27.1 Å². The molecule has 1 aromatic heterocycles. The molecule has 3 aromatic rings. The van der Waals surface area contributed by atoms with Crippen LogP contribution in [-0.2, 0) is 0 Å². The van der Waals surface area contributed by atoms with E-state index in [1.807, 2.05) is 60.4 Å². The molecule has 0 unspecified atom stereocenters. The standard InChI is InChI=1S/C19H19N5O/c1-13-7-8-14(18(25)22-15-9-10-15)11-17(13)24(19-20-12-21-23-19)16-5-3-2-4-6-16/h2-8,11-12,15H,9-10H2,1H3,(H,22,25)(H,20,21,23). The van der Waals surface area contributed by atoms with Crippen molar-refractivity contribution in [3.63, 3.8) is 0 Å². The quantitative estimate of drug-likeness (QED) is 0.750. The Bertz CT molecular complexity index is 872. The Hall–Kier alpha value is -3.15. The van der Waals surface area contributed by atoms with Crippen molar-refractivity contribution in [1.29, 1.82) is 0 Å². The lowest BCUT2D eigenvalue weighted by atomic mass is 10.1. The lowest BCUT2D eigenvalue weighted by molar-refractivity contribution is 0.0951. The van der Waals surface area contributed by atoms with Gasteiger partial charge in [-0.15, -0.1) is 0 Å². The van der Waals surface area contributed by atoms with Crippen molar-refractivity contribution in [1.82, 2.24) is 20.5 Å². The molecule has 1 amide bonds. The highest BCUT2D eigenvalue weighted by molar-refractivity contribution is 5.96. The molecule has 0 bridgehead atoms. The second-order valence-corrected chi connectivity index (χ2v) is 6.23. The van der Waals surface area contributed by atoms with Gasteiger partial charge in [-0.2, -0.15) is 10.1 Å². The first kappa shape index (κ1) is 15.4. The molecule has 2 aromatic carbocycles. The zero-order valence-corrected chi connectivity index (χ0v) is 13.9. The monoisotopic (exact) mass is 333 g/mol. The van der Waals surface area contributed by atoms with E-state index in [0.717, 1.165) is 29.8 Å². The number of H-pyrrole nitrogens is 1. The van der Waals surface area contributed by atoms with Crippen molar-refractivity contribution in [2.75, 3.05) is 4.90 Å². The highest BCUT2D eigenvalue weighted by atomic mass is 16.1. The van der Waals surface area contributed by atoms with Crippen LogP contribution in [0.4, 0.5) is 17.3 Å². The number of para-hydroxylation sites is 1. The third-order valence-electron chi connectivity index (χ3n) is 4.25. The third kappa shape index (κ3) is 3.24. The maximum Gasteiger partial charge on any atom is 0.251 e. The van der Waals surface area contributed by atoms with Gasteiger partial charge in [-0.05, 0) is 49.6 Å². The number of carbonyl (C=O) groups is 1. The summed E-state index contributed by atoms with van der Waals surface area (Å²) in [5.74, 6) is 0.573. The molecule has 25 heavy (non-hydrogen) atoms. The highest BCUT2D eigenvalue weighted by Gasteiger charge is 2.25. The lowest BCUT2D eigenvalue weighted by Gasteiger charge is -2.24. The van der Waals surface area contributed by atoms with Gasteiger partial charge in [0.1, 0.15) is 6.33 Å². The fourth-order valence-corrected chi connectivity index (χ4v) is 2.75. The van der Waals surface area contributed by atoms with E-state index < -0.39 is 0 Å². The lowest BCUT2D eigenvalue weighted by Crippen LogP contribution is -2.25. The van der Waals surface area contributed by atoms with Gasteiger partial charge < -0.3 is 5.32 Å². The van der Waals surface area contributed by atoms with Crippen LogP contribution >= 0.6 is 0 Å². The zero-order valence-electron chi connectivity index (χ0n) is 13.9. The molecule has 0 aliphatic heterocycles. The van der Waals surface area contributed by atoms with Crippen molar-refractivity contribution in [2.24, 2.45) is 0 Å². The van der Waals surface area contributed by atoms with E-state index in [1.54, 1.807) is 0 Å². The van der Waals surface area contributed by atoms with E-state index in [4.69, 9.17) is 0 Å². The number of amides is 1. The van der Waals surface area contributed by atoms with E-state index in [2.05, 4.69) is 20.5 Å². The molecule has 1 fully saturated rings. The average molecular weight is 333 g/mol. The predicted molar refractivity (Wildman–Crippen MR) is 96.3 cm³/mol. The van der Waals surface area contributed by atoms with Crippen LogP contribution in [0.5, 0.6) is 0 Å². The number of carbonyl (C=O) groups excluding carboxylic acids is 1. The maximum atomic E-state index is 12.4. The molecule has 0 radical (unpaired) electrons. The first-order valence-corrected chi connectivity index (χ1v) is 8.34. The second kappa shape index (κ2) is 6.39. The number of benzene rings is 2. The Morgan fingerprint density at radius 1 is 1.20 bits per heavy atom. The van der Waals surface area contributed by atoms with E-state index in [9.17, 15) is 4.79 Å².